The lowest BCUT2D eigenvalue weighted by molar-refractivity contribution is -0.145. The van der Waals surface area contributed by atoms with Crippen LogP contribution in [-0.4, -0.2) is 39.8 Å². The minimum absolute atomic E-state index is 0.267. The van der Waals surface area contributed by atoms with E-state index in [9.17, 15) is 14.4 Å². The smallest absolute Gasteiger partial charge is 0.326 e. The van der Waals surface area contributed by atoms with Gasteiger partial charge >= 0.3 is 18.0 Å². The molecule has 1 saturated carbocycles. The lowest BCUT2D eigenvalue weighted by Crippen LogP contribution is -2.49. The van der Waals surface area contributed by atoms with Crippen molar-refractivity contribution in [2.75, 3.05) is 0 Å². The second-order valence-corrected chi connectivity index (χ2v) is 4.15. The molecule has 4 N–H and O–H groups in total. The summed E-state index contributed by atoms with van der Waals surface area (Å²) < 4.78 is 0. The molecular formula is C9H14N2O5. The van der Waals surface area contributed by atoms with E-state index in [0.717, 1.165) is 12.8 Å². The van der Waals surface area contributed by atoms with Gasteiger partial charge in [-0.1, -0.05) is 0 Å². The van der Waals surface area contributed by atoms with Gasteiger partial charge in [0.05, 0.1) is 6.42 Å². The lowest BCUT2D eigenvalue weighted by atomic mass is 10.2. The van der Waals surface area contributed by atoms with E-state index in [2.05, 4.69) is 10.6 Å². The molecule has 0 spiro atoms. The second-order valence-electron chi connectivity index (χ2n) is 4.15. The van der Waals surface area contributed by atoms with E-state index in [4.69, 9.17) is 10.2 Å². The second kappa shape index (κ2) is 4.38. The summed E-state index contributed by atoms with van der Waals surface area (Å²) in [5.41, 5.74) is -0.267. The highest BCUT2D eigenvalue weighted by molar-refractivity contribution is 5.86. The number of amides is 2. The first-order valence-electron chi connectivity index (χ1n) is 4.86. The molecule has 1 unspecified atom stereocenters. The van der Waals surface area contributed by atoms with Crippen LogP contribution in [0.25, 0.3) is 0 Å². The van der Waals surface area contributed by atoms with Crippen LogP contribution < -0.4 is 10.6 Å². The molecule has 0 heterocycles. The molecule has 7 heteroatoms. The normalized spacial score (nSPS) is 18.3. The van der Waals surface area contributed by atoms with Gasteiger partial charge in [0.15, 0.2) is 0 Å². The zero-order valence-corrected chi connectivity index (χ0v) is 8.82. The maximum Gasteiger partial charge on any atom is 0.326 e. The van der Waals surface area contributed by atoms with Crippen molar-refractivity contribution in [2.45, 2.75) is 37.8 Å². The number of rotatable bonds is 5. The zero-order chi connectivity index (χ0) is 12.3. The van der Waals surface area contributed by atoms with Crippen molar-refractivity contribution in [3.05, 3.63) is 0 Å². The van der Waals surface area contributed by atoms with E-state index >= 15 is 0 Å². The van der Waals surface area contributed by atoms with Crippen LogP contribution in [0.3, 0.4) is 0 Å². The van der Waals surface area contributed by atoms with Gasteiger partial charge in [-0.25, -0.2) is 9.59 Å². The Morgan fingerprint density at radius 1 is 1.31 bits per heavy atom. The number of urea groups is 1. The van der Waals surface area contributed by atoms with Crippen molar-refractivity contribution in [3.8, 4) is 0 Å². The molecule has 0 aromatic rings. The van der Waals surface area contributed by atoms with Crippen molar-refractivity contribution >= 4 is 18.0 Å². The summed E-state index contributed by atoms with van der Waals surface area (Å²) in [5, 5.41) is 21.8. The SMILES string of the molecule is CC1(NC(=O)NC(CC(=O)O)C(=O)O)CC1. The molecule has 0 aromatic carbocycles. The molecule has 1 aliphatic carbocycles. The Kier molecular flexibility index (Phi) is 3.36. The van der Waals surface area contributed by atoms with Gasteiger partial charge in [-0.15, -0.1) is 0 Å². The Bertz CT molecular complexity index is 324. The summed E-state index contributed by atoms with van der Waals surface area (Å²) in [6, 6.07) is -2.05. The topological polar surface area (TPSA) is 116 Å². The molecule has 0 radical (unpaired) electrons. The number of hydrogen-bond acceptors (Lipinski definition) is 3. The van der Waals surface area contributed by atoms with Gasteiger partial charge in [-0.3, -0.25) is 4.79 Å². The lowest BCUT2D eigenvalue weighted by Gasteiger charge is -2.16. The number of aliphatic carboxylic acids is 2. The first kappa shape index (κ1) is 12.3. The van der Waals surface area contributed by atoms with Crippen molar-refractivity contribution in [1.82, 2.24) is 10.6 Å². The van der Waals surface area contributed by atoms with Gasteiger partial charge in [-0.2, -0.15) is 0 Å². The summed E-state index contributed by atoms with van der Waals surface area (Å²) >= 11 is 0. The fourth-order valence-corrected chi connectivity index (χ4v) is 1.16. The minimum atomic E-state index is -1.40. The molecular weight excluding hydrogens is 216 g/mol. The Hall–Kier alpha value is -1.79. The fourth-order valence-electron chi connectivity index (χ4n) is 1.16. The highest BCUT2D eigenvalue weighted by atomic mass is 16.4. The number of carbonyl (C=O) groups is 3. The van der Waals surface area contributed by atoms with Crippen molar-refractivity contribution in [1.29, 1.82) is 0 Å². The van der Waals surface area contributed by atoms with Crippen molar-refractivity contribution < 1.29 is 24.6 Å². The van der Waals surface area contributed by atoms with E-state index in [1.807, 2.05) is 6.92 Å². The largest absolute Gasteiger partial charge is 0.481 e. The Morgan fingerprint density at radius 2 is 1.88 bits per heavy atom. The van der Waals surface area contributed by atoms with E-state index in [-0.39, 0.29) is 5.54 Å². The van der Waals surface area contributed by atoms with E-state index < -0.39 is 30.4 Å². The van der Waals surface area contributed by atoms with Crippen LogP contribution in [0.2, 0.25) is 0 Å². The molecule has 0 aliphatic heterocycles. The van der Waals surface area contributed by atoms with Crippen LogP contribution >= 0.6 is 0 Å². The molecule has 90 valence electrons. The molecule has 1 rings (SSSR count). The van der Waals surface area contributed by atoms with Crippen LogP contribution in [0.4, 0.5) is 4.79 Å². The molecule has 7 nitrogen and oxygen atoms in total. The van der Waals surface area contributed by atoms with Gasteiger partial charge in [0.25, 0.3) is 0 Å². The first-order valence-corrected chi connectivity index (χ1v) is 4.86. The number of nitrogens with one attached hydrogen (secondary N) is 2. The molecule has 0 aromatic heterocycles. The summed E-state index contributed by atoms with van der Waals surface area (Å²) in [5.74, 6) is -2.64. The minimum Gasteiger partial charge on any atom is -0.481 e. The average Bonchev–Trinajstić information content (AvgIpc) is 2.80. The van der Waals surface area contributed by atoms with Gasteiger partial charge in [0.1, 0.15) is 6.04 Å². The van der Waals surface area contributed by atoms with Gasteiger partial charge < -0.3 is 20.8 Å². The fraction of sp³-hybridized carbons (Fsp3) is 0.667. The first-order chi connectivity index (χ1) is 7.32. The van der Waals surface area contributed by atoms with Crippen LogP contribution in [0.15, 0.2) is 0 Å². The third kappa shape index (κ3) is 3.76. The number of hydrogen-bond donors (Lipinski definition) is 4. The Morgan fingerprint density at radius 3 is 2.25 bits per heavy atom. The summed E-state index contributed by atoms with van der Waals surface area (Å²) in [6.07, 6.45) is 1.05. The molecule has 16 heavy (non-hydrogen) atoms. The third-order valence-electron chi connectivity index (χ3n) is 2.40. The number of carboxylic acid groups (broad SMARTS) is 2. The molecule has 1 fully saturated rings. The maximum atomic E-state index is 11.3. The number of carbonyl (C=O) groups excluding carboxylic acids is 1. The predicted molar refractivity (Wildman–Crippen MR) is 53.0 cm³/mol. The monoisotopic (exact) mass is 230 g/mol. The molecule has 0 bridgehead atoms. The van der Waals surface area contributed by atoms with E-state index in [1.54, 1.807) is 0 Å². The number of carboxylic acids is 2. The molecule has 0 saturated heterocycles. The maximum absolute atomic E-state index is 11.3. The Balaban J connectivity index is 2.44. The van der Waals surface area contributed by atoms with Crippen LogP contribution in [0, 0.1) is 0 Å². The van der Waals surface area contributed by atoms with Crippen molar-refractivity contribution in [2.24, 2.45) is 0 Å². The molecule has 2 amide bonds. The standard InChI is InChI=1S/C9H14N2O5/c1-9(2-3-9)11-8(16)10-5(7(14)15)4-6(12)13/h5H,2-4H2,1H3,(H,12,13)(H,14,15)(H2,10,11,16). The van der Waals surface area contributed by atoms with Crippen LogP contribution in [0.1, 0.15) is 26.2 Å². The van der Waals surface area contributed by atoms with Crippen molar-refractivity contribution in [3.63, 3.8) is 0 Å². The Labute approximate surface area is 91.8 Å². The van der Waals surface area contributed by atoms with E-state index in [0.29, 0.717) is 0 Å². The third-order valence-corrected chi connectivity index (χ3v) is 2.40. The highest BCUT2D eigenvalue weighted by Crippen LogP contribution is 2.33. The molecule has 1 aliphatic rings. The molecule has 1 atom stereocenters. The van der Waals surface area contributed by atoms with Crippen LogP contribution in [0.5, 0.6) is 0 Å². The van der Waals surface area contributed by atoms with Gasteiger partial charge in [-0.05, 0) is 19.8 Å². The van der Waals surface area contributed by atoms with Gasteiger partial charge in [0.2, 0.25) is 0 Å². The predicted octanol–water partition coefficient (Wildman–Crippen LogP) is -0.234. The van der Waals surface area contributed by atoms with Gasteiger partial charge in [0, 0.05) is 5.54 Å². The summed E-state index contributed by atoms with van der Waals surface area (Å²) in [7, 11) is 0. The zero-order valence-electron chi connectivity index (χ0n) is 8.82. The quantitative estimate of drug-likeness (QED) is 0.520. The van der Waals surface area contributed by atoms with E-state index in [1.165, 1.54) is 0 Å². The van der Waals surface area contributed by atoms with Crippen LogP contribution in [-0.2, 0) is 9.59 Å². The summed E-state index contributed by atoms with van der Waals surface area (Å²) in [6.45, 7) is 1.83. The summed E-state index contributed by atoms with van der Waals surface area (Å²) in [4.78, 5) is 32.3. The average molecular weight is 230 g/mol. The highest BCUT2D eigenvalue weighted by Gasteiger charge is 2.39.